The lowest BCUT2D eigenvalue weighted by molar-refractivity contribution is 0.414. The number of methoxy groups -OCH3 is 1. The molecule has 0 heterocycles. The van der Waals surface area contributed by atoms with Crippen LogP contribution in [0.1, 0.15) is 16.5 Å². The molecule has 0 radical (unpaired) electrons. The van der Waals surface area contributed by atoms with Gasteiger partial charge in [-0.2, -0.15) is 0 Å². The standard InChI is InChI=1S/C15H13BrClFO/c1-19-12-6-7-13(14(16)9-12)15(17)8-10-2-4-11(18)5-3-10/h2-7,9,15H,8H2,1H3. The second-order valence-electron chi connectivity index (χ2n) is 4.19. The van der Waals surface area contributed by atoms with E-state index in [0.29, 0.717) is 6.42 Å². The van der Waals surface area contributed by atoms with Crippen LogP contribution in [0.4, 0.5) is 4.39 Å². The van der Waals surface area contributed by atoms with Crippen LogP contribution in [0.2, 0.25) is 0 Å². The summed E-state index contributed by atoms with van der Waals surface area (Å²) in [6.45, 7) is 0. The Labute approximate surface area is 125 Å². The maximum absolute atomic E-state index is 12.8. The third-order valence-electron chi connectivity index (χ3n) is 2.87. The molecule has 0 fully saturated rings. The maximum Gasteiger partial charge on any atom is 0.123 e. The summed E-state index contributed by atoms with van der Waals surface area (Å²) >= 11 is 9.91. The van der Waals surface area contributed by atoms with Crippen LogP contribution < -0.4 is 4.74 Å². The Morgan fingerprint density at radius 2 is 1.89 bits per heavy atom. The molecule has 2 rings (SSSR count). The molecule has 0 saturated heterocycles. The molecule has 0 saturated carbocycles. The summed E-state index contributed by atoms with van der Waals surface area (Å²) in [6.07, 6.45) is 0.646. The summed E-state index contributed by atoms with van der Waals surface area (Å²) in [6, 6.07) is 12.1. The molecule has 2 aromatic carbocycles. The van der Waals surface area contributed by atoms with E-state index in [1.807, 2.05) is 18.2 Å². The third-order valence-corrected chi connectivity index (χ3v) is 3.95. The Kier molecular flexibility index (Phi) is 4.83. The predicted molar refractivity (Wildman–Crippen MR) is 79.4 cm³/mol. The van der Waals surface area contributed by atoms with Crippen molar-refractivity contribution >= 4 is 27.5 Å². The van der Waals surface area contributed by atoms with E-state index in [-0.39, 0.29) is 11.2 Å². The largest absolute Gasteiger partial charge is 0.497 e. The SMILES string of the molecule is COc1ccc(C(Cl)Cc2ccc(F)cc2)c(Br)c1. The molecule has 0 aliphatic rings. The first-order valence-electron chi connectivity index (χ1n) is 5.82. The van der Waals surface area contributed by atoms with Gasteiger partial charge in [-0.05, 0) is 41.8 Å². The molecular weight excluding hydrogens is 331 g/mol. The Bertz CT molecular complexity index is 557. The lowest BCUT2D eigenvalue weighted by Gasteiger charge is -2.13. The quantitative estimate of drug-likeness (QED) is 0.700. The fourth-order valence-corrected chi connectivity index (χ4v) is 2.96. The van der Waals surface area contributed by atoms with Gasteiger partial charge in [0.15, 0.2) is 0 Å². The number of benzene rings is 2. The summed E-state index contributed by atoms with van der Waals surface area (Å²) in [5.74, 6) is 0.543. The molecule has 0 amide bonds. The van der Waals surface area contributed by atoms with E-state index in [1.54, 1.807) is 19.2 Å². The normalized spacial score (nSPS) is 12.2. The van der Waals surface area contributed by atoms with Gasteiger partial charge in [0, 0.05) is 4.47 Å². The van der Waals surface area contributed by atoms with Crippen LogP contribution in [0, 0.1) is 5.82 Å². The molecule has 0 aliphatic carbocycles. The molecule has 1 atom stereocenters. The molecule has 0 aromatic heterocycles. The lowest BCUT2D eigenvalue weighted by Crippen LogP contribution is -1.97. The maximum atomic E-state index is 12.8. The number of alkyl halides is 1. The topological polar surface area (TPSA) is 9.23 Å². The van der Waals surface area contributed by atoms with Crippen LogP contribution in [0.25, 0.3) is 0 Å². The second kappa shape index (κ2) is 6.40. The number of halogens is 3. The van der Waals surface area contributed by atoms with E-state index in [2.05, 4.69) is 15.9 Å². The zero-order valence-corrected chi connectivity index (χ0v) is 12.7. The van der Waals surface area contributed by atoms with Crippen molar-refractivity contribution in [2.75, 3.05) is 7.11 Å². The molecule has 2 aromatic rings. The van der Waals surface area contributed by atoms with E-state index >= 15 is 0 Å². The van der Waals surface area contributed by atoms with Gasteiger partial charge in [0.25, 0.3) is 0 Å². The highest BCUT2D eigenvalue weighted by atomic mass is 79.9. The van der Waals surface area contributed by atoms with Crippen molar-refractivity contribution in [3.63, 3.8) is 0 Å². The van der Waals surface area contributed by atoms with E-state index in [0.717, 1.165) is 21.3 Å². The van der Waals surface area contributed by atoms with Crippen LogP contribution in [-0.2, 0) is 6.42 Å². The first-order chi connectivity index (χ1) is 9.10. The van der Waals surface area contributed by atoms with Gasteiger partial charge in [-0.15, -0.1) is 11.6 Å². The Balaban J connectivity index is 2.15. The molecule has 0 bridgehead atoms. The number of rotatable bonds is 4. The summed E-state index contributed by atoms with van der Waals surface area (Å²) in [4.78, 5) is 0. The molecule has 1 nitrogen and oxygen atoms in total. The summed E-state index contributed by atoms with van der Waals surface area (Å²) in [5, 5.41) is -0.175. The molecule has 0 N–H and O–H groups in total. The van der Waals surface area contributed by atoms with E-state index < -0.39 is 0 Å². The molecule has 0 spiro atoms. The van der Waals surface area contributed by atoms with E-state index in [9.17, 15) is 4.39 Å². The molecule has 19 heavy (non-hydrogen) atoms. The second-order valence-corrected chi connectivity index (χ2v) is 5.57. The van der Waals surface area contributed by atoms with Crippen LogP contribution in [-0.4, -0.2) is 7.11 Å². The van der Waals surface area contributed by atoms with Gasteiger partial charge in [-0.3, -0.25) is 0 Å². The minimum Gasteiger partial charge on any atom is -0.497 e. The Hall–Kier alpha value is -1.06. The number of hydrogen-bond donors (Lipinski definition) is 0. The fraction of sp³-hybridized carbons (Fsp3) is 0.200. The average Bonchev–Trinajstić information content (AvgIpc) is 2.41. The molecular formula is C15H13BrClFO. The van der Waals surface area contributed by atoms with Gasteiger partial charge in [0.1, 0.15) is 11.6 Å². The predicted octanol–water partition coefficient (Wildman–Crippen LogP) is 5.12. The monoisotopic (exact) mass is 342 g/mol. The molecule has 0 aliphatic heterocycles. The van der Waals surface area contributed by atoms with Crippen molar-refractivity contribution in [1.82, 2.24) is 0 Å². The summed E-state index contributed by atoms with van der Waals surface area (Å²) < 4.78 is 18.9. The Morgan fingerprint density at radius 3 is 2.47 bits per heavy atom. The van der Waals surface area contributed by atoms with Crippen molar-refractivity contribution in [1.29, 1.82) is 0 Å². The minimum absolute atomic E-state index is 0.175. The first kappa shape index (κ1) is 14.4. The number of ether oxygens (including phenoxy) is 1. The van der Waals surface area contributed by atoms with Crippen molar-refractivity contribution < 1.29 is 9.13 Å². The lowest BCUT2D eigenvalue weighted by atomic mass is 10.0. The van der Waals surface area contributed by atoms with Crippen molar-refractivity contribution in [2.24, 2.45) is 0 Å². The zero-order chi connectivity index (χ0) is 13.8. The summed E-state index contributed by atoms with van der Waals surface area (Å²) in [7, 11) is 1.62. The van der Waals surface area contributed by atoms with Gasteiger partial charge < -0.3 is 4.74 Å². The minimum atomic E-state index is -0.236. The smallest absolute Gasteiger partial charge is 0.123 e. The van der Waals surface area contributed by atoms with Crippen molar-refractivity contribution in [2.45, 2.75) is 11.8 Å². The zero-order valence-electron chi connectivity index (χ0n) is 10.4. The van der Waals surface area contributed by atoms with Crippen LogP contribution in [0.15, 0.2) is 46.9 Å². The van der Waals surface area contributed by atoms with Gasteiger partial charge in [-0.25, -0.2) is 4.39 Å². The third kappa shape index (κ3) is 3.71. The molecule has 4 heteroatoms. The average molecular weight is 344 g/mol. The van der Waals surface area contributed by atoms with Gasteiger partial charge in [0.05, 0.1) is 12.5 Å². The highest BCUT2D eigenvalue weighted by Crippen LogP contribution is 2.33. The van der Waals surface area contributed by atoms with Gasteiger partial charge in [0.2, 0.25) is 0 Å². The van der Waals surface area contributed by atoms with Crippen molar-refractivity contribution in [3.05, 3.63) is 63.9 Å². The van der Waals surface area contributed by atoms with Crippen LogP contribution in [0.3, 0.4) is 0 Å². The molecule has 1 unspecified atom stereocenters. The van der Waals surface area contributed by atoms with Crippen molar-refractivity contribution in [3.8, 4) is 5.75 Å². The summed E-state index contributed by atoms with van der Waals surface area (Å²) in [5.41, 5.74) is 2.00. The van der Waals surface area contributed by atoms with Crippen LogP contribution >= 0.6 is 27.5 Å². The van der Waals surface area contributed by atoms with E-state index in [4.69, 9.17) is 16.3 Å². The van der Waals surface area contributed by atoms with E-state index in [1.165, 1.54) is 12.1 Å². The van der Waals surface area contributed by atoms with Crippen LogP contribution in [0.5, 0.6) is 5.75 Å². The fourth-order valence-electron chi connectivity index (χ4n) is 1.83. The molecule has 100 valence electrons. The number of hydrogen-bond acceptors (Lipinski definition) is 1. The Morgan fingerprint density at radius 1 is 1.21 bits per heavy atom. The van der Waals surface area contributed by atoms with Gasteiger partial charge in [-0.1, -0.05) is 34.1 Å². The first-order valence-corrected chi connectivity index (χ1v) is 7.05. The highest BCUT2D eigenvalue weighted by molar-refractivity contribution is 9.10. The highest BCUT2D eigenvalue weighted by Gasteiger charge is 2.13. The van der Waals surface area contributed by atoms with Gasteiger partial charge >= 0.3 is 0 Å².